The monoisotopic (exact) mass is 468 g/mol. The molecule has 0 saturated carbocycles. The van der Waals surface area contributed by atoms with Gasteiger partial charge in [-0.05, 0) is 51.6 Å². The van der Waals surface area contributed by atoms with Gasteiger partial charge in [0.15, 0.2) is 20.1 Å². The van der Waals surface area contributed by atoms with Gasteiger partial charge in [0.25, 0.3) is 0 Å². The minimum atomic E-state index is 0.540. The predicted octanol–water partition coefficient (Wildman–Crippen LogP) is 7.74. The molecular formula is C33H39B3. The topological polar surface area (TPSA) is 0 Å². The van der Waals surface area contributed by atoms with Gasteiger partial charge in [-0.25, -0.2) is 0 Å². The van der Waals surface area contributed by atoms with E-state index in [0.717, 1.165) is 6.32 Å². The maximum absolute atomic E-state index is 2.36. The van der Waals surface area contributed by atoms with E-state index < -0.39 is 0 Å². The van der Waals surface area contributed by atoms with Crippen molar-refractivity contribution in [1.82, 2.24) is 0 Å². The molecule has 0 aliphatic carbocycles. The molecule has 4 aromatic carbocycles. The van der Waals surface area contributed by atoms with Gasteiger partial charge in [-0.3, -0.25) is 0 Å². The summed E-state index contributed by atoms with van der Waals surface area (Å²) in [5, 5.41) is 0. The van der Waals surface area contributed by atoms with E-state index in [1.165, 1.54) is 62.5 Å². The number of hydrogen-bond donors (Lipinski definition) is 0. The lowest BCUT2D eigenvalue weighted by Gasteiger charge is -2.14. The summed E-state index contributed by atoms with van der Waals surface area (Å²) in [5.74, 6) is 0. The van der Waals surface area contributed by atoms with Crippen LogP contribution in [0.1, 0.15) is 20.3 Å². The van der Waals surface area contributed by atoms with Crippen LogP contribution in [0.25, 0.3) is 33.4 Å². The fourth-order valence-electron chi connectivity index (χ4n) is 5.03. The maximum Gasteiger partial charge on any atom is 0.172 e. The minimum Gasteiger partial charge on any atom is -0.0819 e. The highest BCUT2D eigenvalue weighted by Crippen LogP contribution is 2.32. The SMILES string of the molecule is CCCB(C)c1ccc(-c2cc(-c3ccc(B(C)C)cc3)cc(-c3ccc(B(C)CC)cc3)c2)cc1. The Morgan fingerprint density at radius 1 is 0.444 bits per heavy atom. The second-order valence-electron chi connectivity index (χ2n) is 10.8. The van der Waals surface area contributed by atoms with Crippen molar-refractivity contribution in [3.05, 3.63) is 91.0 Å². The van der Waals surface area contributed by atoms with E-state index in [9.17, 15) is 0 Å². The molecule has 0 nitrogen and oxygen atoms in total. The summed E-state index contributed by atoms with van der Waals surface area (Å²) in [6.07, 6.45) is 3.62. The molecule has 4 rings (SSSR count). The van der Waals surface area contributed by atoms with Crippen molar-refractivity contribution in [3.63, 3.8) is 0 Å². The molecule has 0 radical (unpaired) electrons. The lowest BCUT2D eigenvalue weighted by molar-refractivity contribution is 1.07. The van der Waals surface area contributed by atoms with E-state index in [4.69, 9.17) is 0 Å². The van der Waals surface area contributed by atoms with Crippen LogP contribution in [0, 0.1) is 0 Å². The first-order valence-corrected chi connectivity index (χ1v) is 13.9. The van der Waals surface area contributed by atoms with Crippen molar-refractivity contribution in [2.75, 3.05) is 0 Å². The summed E-state index contributed by atoms with van der Waals surface area (Å²) in [7, 11) is 0. The highest BCUT2D eigenvalue weighted by atomic mass is 14.1. The third-order valence-electron chi connectivity index (χ3n) is 7.80. The molecule has 0 unspecified atom stereocenters. The van der Waals surface area contributed by atoms with Gasteiger partial charge in [0, 0.05) is 0 Å². The van der Waals surface area contributed by atoms with Crippen LogP contribution in [0.3, 0.4) is 0 Å². The maximum atomic E-state index is 2.36. The molecule has 0 N–H and O–H groups in total. The zero-order valence-electron chi connectivity index (χ0n) is 23.0. The molecule has 0 amide bonds. The Morgan fingerprint density at radius 2 is 0.806 bits per heavy atom. The molecule has 4 aromatic rings. The predicted molar refractivity (Wildman–Crippen MR) is 168 cm³/mol. The van der Waals surface area contributed by atoms with Gasteiger partial charge in [-0.15, -0.1) is 0 Å². The fraction of sp³-hybridized carbons (Fsp3) is 0.273. The molecule has 0 heterocycles. The van der Waals surface area contributed by atoms with Crippen molar-refractivity contribution in [2.24, 2.45) is 0 Å². The van der Waals surface area contributed by atoms with Crippen LogP contribution in [0.2, 0.25) is 39.9 Å². The summed E-state index contributed by atoms with van der Waals surface area (Å²) >= 11 is 0. The molecule has 36 heavy (non-hydrogen) atoms. The second-order valence-corrected chi connectivity index (χ2v) is 10.8. The summed E-state index contributed by atoms with van der Waals surface area (Å²) in [5.41, 5.74) is 11.9. The van der Waals surface area contributed by atoms with Crippen LogP contribution in [0.15, 0.2) is 91.0 Å². The van der Waals surface area contributed by atoms with Gasteiger partial charge >= 0.3 is 0 Å². The third-order valence-corrected chi connectivity index (χ3v) is 7.80. The Hall–Kier alpha value is -2.93. The molecular weight excluding hydrogens is 429 g/mol. The van der Waals surface area contributed by atoms with Gasteiger partial charge in [0.1, 0.15) is 0 Å². The minimum absolute atomic E-state index is 0.540. The first-order chi connectivity index (χ1) is 17.4. The number of hydrogen-bond acceptors (Lipinski definition) is 0. The lowest BCUT2D eigenvalue weighted by Crippen LogP contribution is -2.25. The van der Waals surface area contributed by atoms with Gasteiger partial charge in [0.2, 0.25) is 0 Å². The van der Waals surface area contributed by atoms with Crippen LogP contribution in [0.5, 0.6) is 0 Å². The smallest absolute Gasteiger partial charge is 0.0819 e. The zero-order chi connectivity index (χ0) is 25.7. The average Bonchev–Trinajstić information content (AvgIpc) is 2.92. The van der Waals surface area contributed by atoms with E-state index in [2.05, 4.69) is 132 Å². The Bertz CT molecular complexity index is 1260. The van der Waals surface area contributed by atoms with E-state index in [0.29, 0.717) is 20.1 Å². The Balaban J connectivity index is 1.77. The molecule has 180 valence electrons. The zero-order valence-corrected chi connectivity index (χ0v) is 23.0. The van der Waals surface area contributed by atoms with Crippen molar-refractivity contribution in [1.29, 1.82) is 0 Å². The van der Waals surface area contributed by atoms with E-state index in [1.54, 1.807) is 0 Å². The van der Waals surface area contributed by atoms with Crippen LogP contribution in [0.4, 0.5) is 0 Å². The average molecular weight is 468 g/mol. The van der Waals surface area contributed by atoms with Crippen molar-refractivity contribution in [3.8, 4) is 33.4 Å². The largest absolute Gasteiger partial charge is 0.172 e. The molecule has 3 heteroatoms. The van der Waals surface area contributed by atoms with Gasteiger partial charge in [-0.1, -0.05) is 149 Å². The summed E-state index contributed by atoms with van der Waals surface area (Å²) in [6.45, 7) is 15.4. The molecule has 0 bridgehead atoms. The lowest BCUT2D eigenvalue weighted by atomic mass is 9.44. The Labute approximate surface area is 220 Å². The van der Waals surface area contributed by atoms with E-state index >= 15 is 0 Å². The molecule has 0 fully saturated rings. The van der Waals surface area contributed by atoms with Gasteiger partial charge in [0.05, 0.1) is 0 Å². The second kappa shape index (κ2) is 11.9. The van der Waals surface area contributed by atoms with E-state index in [-0.39, 0.29) is 0 Å². The molecule has 0 spiro atoms. The highest BCUT2D eigenvalue weighted by molar-refractivity contribution is 6.72. The van der Waals surface area contributed by atoms with Gasteiger partial charge < -0.3 is 0 Å². The van der Waals surface area contributed by atoms with Crippen molar-refractivity contribution < 1.29 is 0 Å². The van der Waals surface area contributed by atoms with Crippen LogP contribution >= 0.6 is 0 Å². The molecule has 0 saturated heterocycles. The fourth-order valence-corrected chi connectivity index (χ4v) is 5.03. The molecule has 0 aliphatic rings. The van der Waals surface area contributed by atoms with E-state index in [1.807, 2.05) is 0 Å². The van der Waals surface area contributed by atoms with Crippen molar-refractivity contribution in [2.45, 2.75) is 60.2 Å². The summed E-state index contributed by atoms with van der Waals surface area (Å²) < 4.78 is 0. The summed E-state index contributed by atoms with van der Waals surface area (Å²) in [6, 6.07) is 34.6. The van der Waals surface area contributed by atoms with Crippen LogP contribution in [-0.2, 0) is 0 Å². The van der Waals surface area contributed by atoms with Crippen LogP contribution < -0.4 is 16.4 Å². The number of benzene rings is 4. The van der Waals surface area contributed by atoms with Crippen molar-refractivity contribution >= 4 is 36.5 Å². The first-order valence-electron chi connectivity index (χ1n) is 13.9. The third kappa shape index (κ3) is 6.07. The Kier molecular flexibility index (Phi) is 8.62. The highest BCUT2D eigenvalue weighted by Gasteiger charge is 2.12. The molecule has 0 aromatic heterocycles. The quantitative estimate of drug-likeness (QED) is 0.221. The molecule has 0 atom stereocenters. The first kappa shape index (κ1) is 26.1. The van der Waals surface area contributed by atoms with Gasteiger partial charge in [-0.2, -0.15) is 0 Å². The molecule has 0 aliphatic heterocycles. The standard InChI is InChI=1S/C33H39B3/c1-7-21-36(6)33-19-13-27(14-20-33)30-23-28(25-9-15-31(16-10-25)34(3)4)22-29(24-30)26-11-17-32(18-12-26)35(5)8-2/h9-20,22-24H,7-8,21H2,1-6H3. The Morgan fingerprint density at radius 3 is 1.14 bits per heavy atom. The number of rotatable bonds is 9. The normalized spacial score (nSPS) is 10.8. The summed E-state index contributed by atoms with van der Waals surface area (Å²) in [4.78, 5) is 0. The van der Waals surface area contributed by atoms with Crippen LogP contribution in [-0.4, -0.2) is 20.1 Å².